The summed E-state index contributed by atoms with van der Waals surface area (Å²) in [4.78, 5) is 13.8. The van der Waals surface area contributed by atoms with Crippen LogP contribution in [-0.4, -0.2) is 12.7 Å². The first kappa shape index (κ1) is 12.8. The van der Waals surface area contributed by atoms with Crippen molar-refractivity contribution in [1.29, 1.82) is 0 Å². The minimum Gasteiger partial charge on any atom is -0.494 e. The van der Waals surface area contributed by atoms with Crippen LogP contribution in [0.15, 0.2) is 29.3 Å². The van der Waals surface area contributed by atoms with E-state index in [1.807, 2.05) is 12.1 Å². The summed E-state index contributed by atoms with van der Waals surface area (Å²) < 4.78 is 5.71. The van der Waals surface area contributed by atoms with Gasteiger partial charge in [-0.3, -0.25) is 0 Å². The van der Waals surface area contributed by atoms with Crippen LogP contribution in [0.2, 0.25) is 0 Å². The van der Waals surface area contributed by atoms with Crippen molar-refractivity contribution in [2.24, 2.45) is 10.9 Å². The number of nitrogens with zero attached hydrogens (tertiary/aromatic N) is 1. The molecule has 2 rings (SSSR count). The van der Waals surface area contributed by atoms with Gasteiger partial charge >= 0.3 is 0 Å². The van der Waals surface area contributed by atoms with Crippen molar-refractivity contribution in [3.63, 3.8) is 0 Å². The van der Waals surface area contributed by atoms with Crippen LogP contribution in [0.4, 0.5) is 5.69 Å². The molecule has 1 aromatic rings. The monoisotopic (exact) mass is 245 g/mol. The van der Waals surface area contributed by atoms with E-state index in [0.717, 1.165) is 24.7 Å². The zero-order valence-electron chi connectivity index (χ0n) is 10.6. The van der Waals surface area contributed by atoms with Crippen molar-refractivity contribution in [3.05, 3.63) is 24.3 Å². The molecule has 96 valence electrons. The maximum absolute atomic E-state index is 10.2. The second kappa shape index (κ2) is 6.97. The fraction of sp³-hybridized carbons (Fsp3) is 0.533. The third-order valence-electron chi connectivity index (χ3n) is 3.51. The molecule has 0 saturated heterocycles. The third kappa shape index (κ3) is 4.01. The van der Waals surface area contributed by atoms with E-state index < -0.39 is 0 Å². The normalized spacial score (nSPS) is 16.0. The molecule has 1 fully saturated rings. The van der Waals surface area contributed by atoms with Crippen molar-refractivity contribution in [2.45, 2.75) is 38.5 Å². The second-order valence-electron chi connectivity index (χ2n) is 4.84. The Morgan fingerprint density at radius 1 is 1.28 bits per heavy atom. The van der Waals surface area contributed by atoms with E-state index in [-0.39, 0.29) is 0 Å². The lowest BCUT2D eigenvalue weighted by molar-refractivity contribution is 0.246. The van der Waals surface area contributed by atoms with Crippen molar-refractivity contribution in [2.75, 3.05) is 6.61 Å². The summed E-state index contributed by atoms with van der Waals surface area (Å²) in [6, 6.07) is 7.27. The van der Waals surface area contributed by atoms with Crippen molar-refractivity contribution in [1.82, 2.24) is 0 Å². The molecule has 18 heavy (non-hydrogen) atoms. The summed E-state index contributed by atoms with van der Waals surface area (Å²) in [5, 5.41) is 0. The number of aliphatic imine (C=N–C) groups is 1. The number of ether oxygens (including phenoxy) is 1. The lowest BCUT2D eigenvalue weighted by Gasteiger charge is -2.21. The van der Waals surface area contributed by atoms with E-state index in [9.17, 15) is 4.79 Å². The first-order chi connectivity index (χ1) is 8.88. The molecule has 1 aliphatic rings. The molecule has 0 bridgehead atoms. The van der Waals surface area contributed by atoms with Crippen molar-refractivity contribution >= 4 is 11.8 Å². The average Bonchev–Trinajstić information content (AvgIpc) is 2.41. The highest BCUT2D eigenvalue weighted by Crippen LogP contribution is 2.26. The van der Waals surface area contributed by atoms with Gasteiger partial charge < -0.3 is 4.74 Å². The van der Waals surface area contributed by atoms with Gasteiger partial charge in [0.15, 0.2) is 0 Å². The van der Waals surface area contributed by atoms with Crippen LogP contribution in [-0.2, 0) is 4.79 Å². The van der Waals surface area contributed by atoms with Gasteiger partial charge in [-0.1, -0.05) is 38.2 Å². The largest absolute Gasteiger partial charge is 0.494 e. The van der Waals surface area contributed by atoms with E-state index in [0.29, 0.717) is 5.69 Å². The van der Waals surface area contributed by atoms with Gasteiger partial charge in [0.25, 0.3) is 0 Å². The molecule has 3 heteroatoms. The van der Waals surface area contributed by atoms with Crippen LogP contribution in [0, 0.1) is 5.92 Å². The Labute approximate surface area is 108 Å². The van der Waals surface area contributed by atoms with Crippen LogP contribution in [0.1, 0.15) is 38.5 Å². The minimum atomic E-state index is 0.597. The Kier molecular flexibility index (Phi) is 4.98. The van der Waals surface area contributed by atoms with Gasteiger partial charge in [0.1, 0.15) is 5.75 Å². The molecule has 0 aliphatic heterocycles. The standard InChI is InChI=1S/C15H19NO2/c17-12-16-14-7-4-8-15(11-14)18-10-9-13-5-2-1-3-6-13/h4,7-8,11,13H,1-3,5-6,9-10H2. The maximum Gasteiger partial charge on any atom is 0.240 e. The predicted molar refractivity (Wildman–Crippen MR) is 70.9 cm³/mol. The zero-order valence-corrected chi connectivity index (χ0v) is 10.6. The molecule has 3 nitrogen and oxygen atoms in total. The lowest BCUT2D eigenvalue weighted by atomic mass is 9.87. The number of hydrogen-bond acceptors (Lipinski definition) is 3. The number of rotatable bonds is 5. The molecule has 0 unspecified atom stereocenters. The summed E-state index contributed by atoms with van der Waals surface area (Å²) in [6.07, 6.45) is 9.49. The van der Waals surface area contributed by atoms with Gasteiger partial charge in [0, 0.05) is 6.07 Å². The van der Waals surface area contributed by atoms with Gasteiger partial charge in [-0.15, -0.1) is 0 Å². The first-order valence-electron chi connectivity index (χ1n) is 6.69. The van der Waals surface area contributed by atoms with Gasteiger partial charge in [-0.25, -0.2) is 4.79 Å². The Bertz CT molecular complexity index is 418. The minimum absolute atomic E-state index is 0.597. The molecule has 0 atom stereocenters. The van der Waals surface area contributed by atoms with Gasteiger partial charge in [-0.2, -0.15) is 4.99 Å². The Balaban J connectivity index is 1.78. The number of isocyanates is 1. The van der Waals surface area contributed by atoms with Crippen molar-refractivity contribution < 1.29 is 9.53 Å². The van der Waals surface area contributed by atoms with Crippen LogP contribution in [0.5, 0.6) is 5.75 Å². The van der Waals surface area contributed by atoms with Gasteiger partial charge in [0.05, 0.1) is 12.3 Å². The summed E-state index contributed by atoms with van der Waals surface area (Å²) in [7, 11) is 0. The highest BCUT2D eigenvalue weighted by Gasteiger charge is 2.12. The lowest BCUT2D eigenvalue weighted by Crippen LogP contribution is -2.10. The molecule has 0 radical (unpaired) electrons. The molecule has 1 aliphatic carbocycles. The van der Waals surface area contributed by atoms with E-state index in [1.54, 1.807) is 12.1 Å². The van der Waals surface area contributed by atoms with E-state index >= 15 is 0 Å². The number of benzene rings is 1. The van der Waals surface area contributed by atoms with Crippen LogP contribution < -0.4 is 4.74 Å². The second-order valence-corrected chi connectivity index (χ2v) is 4.84. The highest BCUT2D eigenvalue weighted by molar-refractivity contribution is 5.51. The molecule has 0 N–H and O–H groups in total. The molecule has 0 aromatic heterocycles. The predicted octanol–water partition coefficient (Wildman–Crippen LogP) is 4.00. The fourth-order valence-electron chi connectivity index (χ4n) is 2.51. The molecule has 0 spiro atoms. The van der Waals surface area contributed by atoms with E-state index in [4.69, 9.17) is 4.74 Å². The molecule has 0 heterocycles. The van der Waals surface area contributed by atoms with Crippen molar-refractivity contribution in [3.8, 4) is 5.75 Å². The quantitative estimate of drug-likeness (QED) is 0.581. The fourth-order valence-corrected chi connectivity index (χ4v) is 2.51. The topological polar surface area (TPSA) is 38.7 Å². The molecule has 1 aromatic carbocycles. The molecule has 0 amide bonds. The van der Waals surface area contributed by atoms with Crippen LogP contribution in [0.25, 0.3) is 0 Å². The Hall–Kier alpha value is -1.60. The molecule has 1 saturated carbocycles. The Morgan fingerprint density at radius 2 is 2.11 bits per heavy atom. The maximum atomic E-state index is 10.2. The zero-order chi connectivity index (χ0) is 12.6. The first-order valence-corrected chi connectivity index (χ1v) is 6.69. The van der Waals surface area contributed by atoms with Gasteiger partial charge in [0.2, 0.25) is 6.08 Å². The van der Waals surface area contributed by atoms with Crippen LogP contribution in [0.3, 0.4) is 0 Å². The third-order valence-corrected chi connectivity index (χ3v) is 3.51. The number of hydrogen-bond donors (Lipinski definition) is 0. The molecular formula is C15H19NO2. The summed E-state index contributed by atoms with van der Waals surface area (Å²) in [5.41, 5.74) is 0.597. The van der Waals surface area contributed by atoms with E-state index in [2.05, 4.69) is 4.99 Å². The van der Waals surface area contributed by atoms with Gasteiger partial charge in [-0.05, 0) is 24.5 Å². The summed E-state index contributed by atoms with van der Waals surface area (Å²) in [5.74, 6) is 1.61. The summed E-state index contributed by atoms with van der Waals surface area (Å²) >= 11 is 0. The summed E-state index contributed by atoms with van der Waals surface area (Å²) in [6.45, 7) is 0.749. The Morgan fingerprint density at radius 3 is 2.89 bits per heavy atom. The SMILES string of the molecule is O=C=Nc1cccc(OCCC2CCCCC2)c1. The van der Waals surface area contributed by atoms with E-state index in [1.165, 1.54) is 38.2 Å². The van der Waals surface area contributed by atoms with Crippen LogP contribution >= 0.6 is 0 Å². The average molecular weight is 245 g/mol. The molecular weight excluding hydrogens is 226 g/mol. The smallest absolute Gasteiger partial charge is 0.240 e. The number of carbonyl (C=O) groups excluding carboxylic acids is 1. The highest BCUT2D eigenvalue weighted by atomic mass is 16.5.